The summed E-state index contributed by atoms with van der Waals surface area (Å²) in [6, 6.07) is 42.2. The standard InChI is InChI=1S/C76H78N10O3.3ClH.Zn/c1-5-6-7-8-9-10-11-12-13-14-15-16-17-18-19-20-70(87)77-59-29-23-57(24-30-59)75(88)79-61-31-25-58(26-32-61)76(89)78-60-27-21-53(22-28-60)71-62-33-35-64(80-62)72(54-41-47-84(2)48-42-54)66-37-39-68(82-66)74(56-45-51-86(4)52-46-56)69-40-38-67(83-69)73(65-36-34-63(71)81-65)55-43-49-85(3)50-44-55;;;;/h21-52H,5-20H2,1-4H3,(H2-2,77,78,79,80,81,82,83,87,88,89);3*1H;/q;;;;+2/p-2. The molecule has 17 heteroatoms. The molecule has 3 amide bonds. The second-order valence-corrected chi connectivity index (χ2v) is 23.5. The van der Waals surface area contributed by atoms with Crippen LogP contribution in [0.1, 0.15) is 153 Å². The van der Waals surface area contributed by atoms with Gasteiger partial charge in [0.05, 0.1) is 22.8 Å². The monoisotopic (exact) mass is 1350 g/mol. The smallest absolute Gasteiger partial charge is 1.00 e. The minimum atomic E-state index is -0.304. The van der Waals surface area contributed by atoms with Crippen LogP contribution < -0.4 is 76.8 Å². The number of nitrogens with zero attached hydrogens (tertiary/aromatic N) is 7. The van der Waals surface area contributed by atoms with E-state index in [0.29, 0.717) is 34.6 Å². The molecule has 6 aromatic heterocycles. The molecule has 0 fully saturated rings. The molecular formula is C76H79Cl3N10O3Zn. The van der Waals surface area contributed by atoms with Crippen LogP contribution in [0.25, 0.3) is 90.9 Å². The van der Waals surface area contributed by atoms with Crippen molar-refractivity contribution in [3.8, 4) is 44.5 Å². The molecule has 2 aliphatic heterocycles. The SMILES string of the molecule is CCCCCCCCCCCCCCCCCC(=O)Nc1ccc(C(=O)Nc2ccc(C(=O)Nc3ccc(-c4c5nc(c(-c6cc[n+](C)cc6)c6ccc([n-]6)c(-c6cc[n+](C)cc6)c6nc(c(-c7cc[n+](C)cc7)c7ccc4[n-]7)C=C6)C=C5)cc3)cc2)cc1.[Cl-].[Cl-].[Cl-].[Zn+2]. The summed E-state index contributed by atoms with van der Waals surface area (Å²) in [6.45, 7) is 2.27. The van der Waals surface area contributed by atoms with Crippen molar-refractivity contribution in [2.24, 2.45) is 21.1 Å². The first-order valence-electron chi connectivity index (χ1n) is 31.7. The minimum Gasteiger partial charge on any atom is -1.00 e. The van der Waals surface area contributed by atoms with Crippen LogP contribution in [0.15, 0.2) is 171 Å². The number of amides is 3. The zero-order valence-electron chi connectivity index (χ0n) is 53.5. The third-order valence-electron chi connectivity index (χ3n) is 16.7. The Bertz CT molecular complexity index is 4160. The van der Waals surface area contributed by atoms with E-state index < -0.39 is 0 Å². The molecule has 8 bridgehead atoms. The van der Waals surface area contributed by atoms with Gasteiger partial charge in [0.2, 0.25) is 5.91 Å². The van der Waals surface area contributed by atoms with Gasteiger partial charge in [0.15, 0.2) is 37.2 Å². The fourth-order valence-corrected chi connectivity index (χ4v) is 11.7. The van der Waals surface area contributed by atoms with E-state index in [1.165, 1.54) is 83.5 Å². The summed E-state index contributed by atoms with van der Waals surface area (Å²) in [7, 11) is 6.01. The largest absolute Gasteiger partial charge is 2.00 e. The van der Waals surface area contributed by atoms with Gasteiger partial charge in [-0.05, 0) is 136 Å². The van der Waals surface area contributed by atoms with Gasteiger partial charge in [-0.15, -0.1) is 22.1 Å². The normalized spacial score (nSPS) is 11.2. The molecule has 0 aliphatic carbocycles. The molecule has 0 spiro atoms. The van der Waals surface area contributed by atoms with Crippen LogP contribution in [0.4, 0.5) is 17.1 Å². The summed E-state index contributed by atoms with van der Waals surface area (Å²) in [5.74, 6) is -0.620. The predicted molar refractivity (Wildman–Crippen MR) is 359 cm³/mol. The van der Waals surface area contributed by atoms with Crippen LogP contribution in [0.5, 0.6) is 0 Å². The minimum absolute atomic E-state index is 0. The molecule has 9 aromatic rings. The number of halogens is 3. The third kappa shape index (κ3) is 18.7. The van der Waals surface area contributed by atoms with Crippen molar-refractivity contribution in [2.75, 3.05) is 16.0 Å². The first kappa shape index (κ1) is 72.0. The van der Waals surface area contributed by atoms with E-state index in [1.54, 1.807) is 48.5 Å². The molecule has 3 N–H and O–H groups in total. The summed E-state index contributed by atoms with van der Waals surface area (Å²) in [6.07, 6.45) is 40.2. The number of aromatic nitrogens is 7. The number of fused-ring (bicyclic) bond motifs is 8. The molecule has 8 heterocycles. The summed E-state index contributed by atoms with van der Waals surface area (Å²) in [5, 5.41) is 8.96. The van der Waals surface area contributed by atoms with Gasteiger partial charge in [-0.25, -0.2) is 23.7 Å². The second-order valence-electron chi connectivity index (χ2n) is 23.5. The number of pyridine rings is 3. The Balaban J connectivity index is 0.00000306. The molecule has 0 radical (unpaired) electrons. The van der Waals surface area contributed by atoms with E-state index in [0.717, 1.165) is 102 Å². The Morgan fingerprint density at radius 1 is 0.355 bits per heavy atom. The molecule has 11 rings (SSSR count). The Hall–Kier alpha value is -8.39. The van der Waals surface area contributed by atoms with Gasteiger partial charge in [0.1, 0.15) is 21.1 Å². The maximum atomic E-state index is 13.8. The van der Waals surface area contributed by atoms with Crippen molar-refractivity contribution in [1.82, 2.24) is 19.9 Å². The first-order valence-corrected chi connectivity index (χ1v) is 31.7. The fraction of sp³-hybridized carbons (Fsp3) is 0.263. The van der Waals surface area contributed by atoms with Crippen LogP contribution in [-0.2, 0) is 45.4 Å². The quantitative estimate of drug-likeness (QED) is 0.0325. The van der Waals surface area contributed by atoms with Crippen LogP contribution in [0, 0.1) is 0 Å². The van der Waals surface area contributed by atoms with Gasteiger partial charge in [0, 0.05) is 71.0 Å². The molecular weight excluding hydrogens is 1270 g/mol. The average molecular weight is 1350 g/mol. The van der Waals surface area contributed by atoms with E-state index in [2.05, 4.69) is 95.7 Å². The van der Waals surface area contributed by atoms with E-state index >= 15 is 0 Å². The number of anilines is 3. The Kier molecular flexibility index (Phi) is 27.1. The molecule has 0 atom stereocenters. The van der Waals surface area contributed by atoms with Crippen molar-refractivity contribution in [3.05, 3.63) is 205 Å². The summed E-state index contributed by atoms with van der Waals surface area (Å²) >= 11 is 0. The van der Waals surface area contributed by atoms with Crippen molar-refractivity contribution < 1.29 is 84.8 Å². The number of carbonyl (C=O) groups is 3. The van der Waals surface area contributed by atoms with Gasteiger partial charge < -0.3 is 63.1 Å². The predicted octanol–water partition coefficient (Wildman–Crippen LogP) is 6.77. The molecule has 474 valence electrons. The number of carbonyl (C=O) groups excluding carboxylic acids is 3. The second kappa shape index (κ2) is 35.0. The Labute approximate surface area is 577 Å². The van der Waals surface area contributed by atoms with Crippen molar-refractivity contribution in [2.45, 2.75) is 110 Å². The van der Waals surface area contributed by atoms with Gasteiger partial charge in [-0.1, -0.05) is 133 Å². The topological polar surface area (TPSA) is 153 Å². The van der Waals surface area contributed by atoms with Gasteiger partial charge in [-0.2, -0.15) is 0 Å². The number of nitrogens with one attached hydrogen (secondary N) is 3. The zero-order chi connectivity index (χ0) is 61.5. The summed E-state index contributed by atoms with van der Waals surface area (Å²) in [4.78, 5) is 61.4. The maximum absolute atomic E-state index is 13.8. The van der Waals surface area contributed by atoms with Crippen LogP contribution in [0.3, 0.4) is 0 Å². The summed E-state index contributed by atoms with van der Waals surface area (Å²) in [5.41, 5.74) is 16.0. The van der Waals surface area contributed by atoms with Crippen LogP contribution in [0.2, 0.25) is 0 Å². The average Bonchev–Trinajstić information content (AvgIpc) is 1.63. The maximum Gasteiger partial charge on any atom is 2.00 e. The van der Waals surface area contributed by atoms with Gasteiger partial charge in [-0.3, -0.25) is 14.4 Å². The number of aryl methyl sites for hydroxylation is 3. The molecule has 0 saturated heterocycles. The van der Waals surface area contributed by atoms with Gasteiger partial charge in [0.25, 0.3) is 11.8 Å². The van der Waals surface area contributed by atoms with Crippen molar-refractivity contribution >= 4 is 81.2 Å². The molecule has 2 aliphatic rings. The number of rotatable bonds is 25. The van der Waals surface area contributed by atoms with E-state index in [1.807, 2.05) is 108 Å². The molecule has 0 saturated carbocycles. The van der Waals surface area contributed by atoms with E-state index in [-0.39, 0.29) is 74.4 Å². The Morgan fingerprint density at radius 2 is 0.624 bits per heavy atom. The number of hydrogen-bond acceptors (Lipinski definition) is 5. The van der Waals surface area contributed by atoms with Crippen molar-refractivity contribution in [1.29, 1.82) is 0 Å². The number of unbranched alkanes of at least 4 members (excludes halogenated alkanes) is 14. The fourth-order valence-electron chi connectivity index (χ4n) is 11.7. The molecule has 0 unspecified atom stereocenters. The molecule has 13 nitrogen and oxygen atoms in total. The summed E-state index contributed by atoms with van der Waals surface area (Å²) < 4.78 is 6.04. The van der Waals surface area contributed by atoms with Crippen LogP contribution in [-0.4, -0.2) is 27.7 Å². The van der Waals surface area contributed by atoms with Gasteiger partial charge >= 0.3 is 19.5 Å². The first-order chi connectivity index (χ1) is 43.5. The third-order valence-corrected chi connectivity index (χ3v) is 16.7. The molecule has 3 aromatic carbocycles. The van der Waals surface area contributed by atoms with Crippen LogP contribution >= 0.6 is 0 Å². The van der Waals surface area contributed by atoms with E-state index in [4.69, 9.17) is 19.9 Å². The Morgan fingerprint density at radius 3 is 0.935 bits per heavy atom. The number of benzene rings is 3. The zero-order valence-corrected chi connectivity index (χ0v) is 58.7. The van der Waals surface area contributed by atoms with E-state index in [9.17, 15) is 14.4 Å². The van der Waals surface area contributed by atoms with Crippen molar-refractivity contribution in [3.63, 3.8) is 0 Å². The molecule has 93 heavy (non-hydrogen) atoms. The number of hydrogen-bond donors (Lipinski definition) is 3.